The maximum Gasteiger partial charge on any atom is 0.251 e. The highest BCUT2D eigenvalue weighted by molar-refractivity contribution is 7.90. The van der Waals surface area contributed by atoms with Crippen LogP contribution < -0.4 is 10.6 Å². The lowest BCUT2D eigenvalue weighted by molar-refractivity contribution is 0.0950. The number of carbonyl (C=O) groups is 1. The number of piperidine rings is 1. The normalized spacial score (nSPS) is 16.8. The van der Waals surface area contributed by atoms with Crippen molar-refractivity contribution in [2.24, 2.45) is 5.92 Å². The van der Waals surface area contributed by atoms with E-state index in [4.69, 9.17) is 0 Å². The van der Waals surface area contributed by atoms with Gasteiger partial charge in [-0.25, -0.2) is 8.42 Å². The Morgan fingerprint density at radius 3 is 2.61 bits per heavy atom. The third kappa shape index (κ3) is 6.33. The maximum atomic E-state index is 12.5. The summed E-state index contributed by atoms with van der Waals surface area (Å²) in [4.78, 5) is 12.7. The van der Waals surface area contributed by atoms with Gasteiger partial charge in [-0.05, 0) is 68.1 Å². The molecule has 2 N–H and O–H groups in total. The zero-order valence-corrected chi connectivity index (χ0v) is 17.4. The first kappa shape index (κ1) is 22.4. The minimum absolute atomic E-state index is 0. The molecule has 0 aliphatic carbocycles. The molecule has 1 saturated heterocycles. The van der Waals surface area contributed by atoms with Crippen LogP contribution in [0.3, 0.4) is 0 Å². The summed E-state index contributed by atoms with van der Waals surface area (Å²) in [5.74, 6) is 0.338. The van der Waals surface area contributed by atoms with Crippen LogP contribution in [-0.2, 0) is 15.6 Å². The van der Waals surface area contributed by atoms with Crippen molar-refractivity contribution in [1.82, 2.24) is 10.6 Å². The zero-order chi connectivity index (χ0) is 19.1. The molecule has 0 aromatic heterocycles. The Balaban J connectivity index is 0.00000280. The number of rotatable bonds is 7. The number of halogens is 1. The predicted molar refractivity (Wildman–Crippen MR) is 114 cm³/mol. The first-order valence-corrected chi connectivity index (χ1v) is 11.1. The molecule has 0 saturated carbocycles. The van der Waals surface area contributed by atoms with Gasteiger partial charge < -0.3 is 10.6 Å². The standard InChI is InChI=1S/C21H26N2O3S.ClH/c24-21(23-13-11-17-7-5-12-22-15-17)19-8-4-6-18(14-19)16-27(25,26)20-9-2-1-3-10-20;/h1-4,6,8-10,14,17,22H,5,7,11-13,15-16H2,(H,23,24);1H. The van der Waals surface area contributed by atoms with Gasteiger partial charge in [0, 0.05) is 12.1 Å². The quantitative estimate of drug-likeness (QED) is 0.718. The van der Waals surface area contributed by atoms with E-state index >= 15 is 0 Å². The molecule has 1 aliphatic rings. The molecule has 2 aromatic carbocycles. The van der Waals surface area contributed by atoms with Gasteiger partial charge in [-0.1, -0.05) is 30.3 Å². The zero-order valence-electron chi connectivity index (χ0n) is 15.8. The van der Waals surface area contributed by atoms with Crippen molar-refractivity contribution in [3.05, 3.63) is 65.7 Å². The summed E-state index contributed by atoms with van der Waals surface area (Å²) in [6, 6.07) is 15.2. The summed E-state index contributed by atoms with van der Waals surface area (Å²) in [6.45, 7) is 2.74. The van der Waals surface area contributed by atoms with E-state index < -0.39 is 9.84 Å². The van der Waals surface area contributed by atoms with E-state index in [0.29, 0.717) is 28.5 Å². The molecule has 7 heteroatoms. The van der Waals surface area contributed by atoms with Gasteiger partial charge in [-0.2, -0.15) is 0 Å². The molecular weight excluding hydrogens is 396 g/mol. The molecule has 5 nitrogen and oxygen atoms in total. The molecule has 1 atom stereocenters. The summed E-state index contributed by atoms with van der Waals surface area (Å²) < 4.78 is 25.0. The van der Waals surface area contributed by atoms with Gasteiger partial charge in [0.1, 0.15) is 0 Å². The van der Waals surface area contributed by atoms with Gasteiger partial charge in [0.2, 0.25) is 0 Å². The van der Waals surface area contributed by atoms with Crippen molar-refractivity contribution in [2.75, 3.05) is 19.6 Å². The van der Waals surface area contributed by atoms with Crippen molar-refractivity contribution in [2.45, 2.75) is 29.9 Å². The second-order valence-corrected chi connectivity index (χ2v) is 9.02. The number of hydrogen-bond donors (Lipinski definition) is 2. The van der Waals surface area contributed by atoms with E-state index in [9.17, 15) is 13.2 Å². The number of nitrogens with one attached hydrogen (secondary N) is 2. The first-order chi connectivity index (χ1) is 13.0. The summed E-state index contributed by atoms with van der Waals surface area (Å²) in [5, 5.41) is 6.33. The summed E-state index contributed by atoms with van der Waals surface area (Å²) in [7, 11) is -3.43. The van der Waals surface area contributed by atoms with Crippen LogP contribution in [0, 0.1) is 5.92 Å². The van der Waals surface area contributed by atoms with E-state index in [1.165, 1.54) is 12.8 Å². The molecule has 1 fully saturated rings. The average Bonchev–Trinajstić information content (AvgIpc) is 2.69. The Labute approximate surface area is 173 Å². The molecule has 3 rings (SSSR count). The highest BCUT2D eigenvalue weighted by atomic mass is 35.5. The molecule has 1 aliphatic heterocycles. The summed E-state index contributed by atoms with van der Waals surface area (Å²) in [6.07, 6.45) is 3.35. The number of amides is 1. The minimum atomic E-state index is -3.43. The molecule has 152 valence electrons. The van der Waals surface area contributed by atoms with Gasteiger partial charge in [0.15, 0.2) is 9.84 Å². The molecule has 1 amide bonds. The van der Waals surface area contributed by atoms with Gasteiger partial charge in [-0.3, -0.25) is 4.79 Å². The number of hydrogen-bond acceptors (Lipinski definition) is 4. The van der Waals surface area contributed by atoms with Crippen LogP contribution in [0.4, 0.5) is 0 Å². The van der Waals surface area contributed by atoms with E-state index in [0.717, 1.165) is 19.5 Å². The Hall–Kier alpha value is -1.89. The van der Waals surface area contributed by atoms with Crippen molar-refractivity contribution in [3.8, 4) is 0 Å². The fourth-order valence-electron chi connectivity index (χ4n) is 3.40. The van der Waals surface area contributed by atoms with Crippen LogP contribution in [0.25, 0.3) is 0 Å². The minimum Gasteiger partial charge on any atom is -0.352 e. The van der Waals surface area contributed by atoms with Crippen molar-refractivity contribution in [1.29, 1.82) is 0 Å². The fraction of sp³-hybridized carbons (Fsp3) is 0.381. The first-order valence-electron chi connectivity index (χ1n) is 9.40. The largest absolute Gasteiger partial charge is 0.352 e. The molecule has 28 heavy (non-hydrogen) atoms. The van der Waals surface area contributed by atoms with E-state index in [-0.39, 0.29) is 24.1 Å². The second-order valence-electron chi connectivity index (χ2n) is 7.03. The molecule has 2 aromatic rings. The van der Waals surface area contributed by atoms with Crippen LogP contribution in [0.1, 0.15) is 35.2 Å². The Bertz CT molecular complexity index is 866. The maximum absolute atomic E-state index is 12.5. The summed E-state index contributed by atoms with van der Waals surface area (Å²) in [5.41, 5.74) is 1.11. The van der Waals surface area contributed by atoms with Crippen molar-refractivity contribution in [3.63, 3.8) is 0 Å². The van der Waals surface area contributed by atoms with Crippen LogP contribution in [0.5, 0.6) is 0 Å². The molecule has 1 unspecified atom stereocenters. The highest BCUT2D eigenvalue weighted by Crippen LogP contribution is 2.17. The Kier molecular flexibility index (Phi) is 8.48. The van der Waals surface area contributed by atoms with Gasteiger partial charge in [-0.15, -0.1) is 12.4 Å². The number of benzene rings is 2. The number of sulfone groups is 1. The molecule has 1 heterocycles. The van der Waals surface area contributed by atoms with Gasteiger partial charge >= 0.3 is 0 Å². The van der Waals surface area contributed by atoms with Gasteiger partial charge in [0.25, 0.3) is 5.91 Å². The monoisotopic (exact) mass is 422 g/mol. The molecule has 0 spiro atoms. The lowest BCUT2D eigenvalue weighted by Crippen LogP contribution is -2.33. The summed E-state index contributed by atoms with van der Waals surface area (Å²) >= 11 is 0. The predicted octanol–water partition coefficient (Wildman–Crippen LogP) is 3.20. The molecule has 0 bridgehead atoms. The molecule has 0 radical (unpaired) electrons. The van der Waals surface area contributed by atoms with Crippen molar-refractivity contribution >= 4 is 28.2 Å². The third-order valence-corrected chi connectivity index (χ3v) is 6.59. The lowest BCUT2D eigenvalue weighted by Gasteiger charge is -2.22. The smallest absolute Gasteiger partial charge is 0.251 e. The SMILES string of the molecule is Cl.O=C(NCCC1CCCNC1)c1cccc(CS(=O)(=O)c2ccccc2)c1. The third-order valence-electron chi connectivity index (χ3n) is 4.89. The lowest BCUT2D eigenvalue weighted by atomic mass is 9.96. The van der Waals surface area contributed by atoms with Crippen LogP contribution in [0.2, 0.25) is 0 Å². The number of carbonyl (C=O) groups excluding carboxylic acids is 1. The Morgan fingerprint density at radius 2 is 1.89 bits per heavy atom. The van der Waals surface area contributed by atoms with E-state index in [2.05, 4.69) is 10.6 Å². The fourth-order valence-corrected chi connectivity index (χ4v) is 4.75. The van der Waals surface area contributed by atoms with Crippen LogP contribution in [-0.4, -0.2) is 34.0 Å². The van der Waals surface area contributed by atoms with Crippen LogP contribution in [0.15, 0.2) is 59.5 Å². The van der Waals surface area contributed by atoms with Gasteiger partial charge in [0.05, 0.1) is 10.6 Å². The average molecular weight is 423 g/mol. The Morgan fingerprint density at radius 1 is 1.11 bits per heavy atom. The second kappa shape index (κ2) is 10.6. The molecular formula is C21H27ClN2O3S. The van der Waals surface area contributed by atoms with E-state index in [1.807, 2.05) is 0 Å². The highest BCUT2D eigenvalue weighted by Gasteiger charge is 2.16. The topological polar surface area (TPSA) is 75.3 Å². The van der Waals surface area contributed by atoms with Crippen molar-refractivity contribution < 1.29 is 13.2 Å². The van der Waals surface area contributed by atoms with E-state index in [1.54, 1.807) is 54.6 Å². The van der Waals surface area contributed by atoms with Crippen LogP contribution >= 0.6 is 12.4 Å².